The minimum Gasteiger partial charge on any atom is -0.493 e. The van der Waals surface area contributed by atoms with E-state index in [2.05, 4.69) is 27.5 Å². The molecule has 3 aromatic heterocycles. The van der Waals surface area contributed by atoms with Gasteiger partial charge in [0.05, 0.1) is 64.0 Å². The summed E-state index contributed by atoms with van der Waals surface area (Å²) in [5.74, 6) is -0.613. The molecule has 356 valence electrons. The molecule has 3 N–H and O–H groups in total. The van der Waals surface area contributed by atoms with Gasteiger partial charge in [0.15, 0.2) is 24.0 Å². The maximum Gasteiger partial charge on any atom is 0.416 e. The SMILES string of the molecule is C=CCOC(=O)N1c2cc(OCCCC(=O)Nc3cc(C(=O)Nc4ccc(-c5cc(C)c(C(=O)Nc6ccccc6)s5)nc4)n(C)c3)c(OC)cc2C(=O)N2CCCC[C@H]2C1OC1CCCCO1. The Hall–Kier alpha value is -7.02. The number of piperidine rings is 1. The fourth-order valence-electron chi connectivity index (χ4n) is 8.54. The molecule has 8 rings (SSSR count). The number of amides is 5. The normalized spacial score (nSPS) is 17.8. The van der Waals surface area contributed by atoms with Crippen molar-refractivity contribution in [3.05, 3.63) is 113 Å². The maximum atomic E-state index is 14.3. The van der Waals surface area contributed by atoms with Crippen LogP contribution < -0.4 is 30.3 Å². The number of para-hydroxylation sites is 1. The summed E-state index contributed by atoms with van der Waals surface area (Å²) in [6, 6.07) is 19.0. The Kier molecular flexibility index (Phi) is 15.2. The number of carbonyl (C=O) groups excluding carboxylic acids is 5. The van der Waals surface area contributed by atoms with Gasteiger partial charge in [0, 0.05) is 44.6 Å². The van der Waals surface area contributed by atoms with Crippen LogP contribution in [0.4, 0.5) is 27.5 Å². The van der Waals surface area contributed by atoms with Crippen LogP contribution in [0, 0.1) is 6.92 Å². The van der Waals surface area contributed by atoms with E-state index in [1.54, 1.807) is 59.2 Å². The second-order valence-corrected chi connectivity index (χ2v) is 17.7. The minimum absolute atomic E-state index is 0.0521. The number of methoxy groups -OCH3 is 1. The van der Waals surface area contributed by atoms with Crippen molar-refractivity contribution in [3.63, 3.8) is 0 Å². The third-order valence-corrected chi connectivity index (χ3v) is 13.1. The van der Waals surface area contributed by atoms with Crippen molar-refractivity contribution in [2.45, 2.75) is 76.9 Å². The molecule has 17 nitrogen and oxygen atoms in total. The van der Waals surface area contributed by atoms with E-state index in [0.717, 1.165) is 36.1 Å². The highest BCUT2D eigenvalue weighted by Gasteiger charge is 2.47. The molecular formula is C50H55N7O10S. The number of nitrogens with one attached hydrogen (secondary N) is 3. The monoisotopic (exact) mass is 945 g/mol. The molecule has 0 bridgehead atoms. The zero-order valence-corrected chi connectivity index (χ0v) is 39.1. The summed E-state index contributed by atoms with van der Waals surface area (Å²) in [6.07, 6.45) is 7.63. The third kappa shape index (κ3) is 10.9. The molecule has 2 aromatic carbocycles. The number of hydrogen-bond acceptors (Lipinski definition) is 12. The lowest BCUT2D eigenvalue weighted by atomic mass is 10.00. The zero-order chi connectivity index (χ0) is 47.7. The standard InChI is InChI=1S/C50H55N7O10S/c1-5-22-66-50(62)57-38-28-41(40(63-4)27-35(38)48(61)56-21-11-9-16-37(56)49(57)67-44-18-10-12-23-65-44)64-24-13-17-43(58)52-34-26-39(55(3)30-34)46(59)54-33-19-20-36(51-29-33)42-25-31(2)45(68-42)47(60)53-32-14-7-6-8-15-32/h5-8,14-15,19-20,25-30,37,44,49H,1,9-13,16-18,21-24H2,2-4H3,(H,52,58)(H,53,60)(H,54,59)/t37-,44?,49?/m0/s1. The van der Waals surface area contributed by atoms with E-state index in [4.69, 9.17) is 23.7 Å². The summed E-state index contributed by atoms with van der Waals surface area (Å²) in [6.45, 7) is 6.64. The minimum atomic E-state index is -0.905. The number of aryl methyl sites for hydroxylation is 2. The Morgan fingerprint density at radius 3 is 2.49 bits per heavy atom. The van der Waals surface area contributed by atoms with Crippen LogP contribution in [0.3, 0.4) is 0 Å². The first-order valence-electron chi connectivity index (χ1n) is 22.7. The molecule has 6 heterocycles. The molecule has 3 aliphatic heterocycles. The Morgan fingerprint density at radius 1 is 0.926 bits per heavy atom. The van der Waals surface area contributed by atoms with Gasteiger partial charge in [0.2, 0.25) is 5.91 Å². The molecule has 2 saturated heterocycles. The molecule has 5 aromatic rings. The first-order chi connectivity index (χ1) is 33.0. The number of ether oxygens (including phenoxy) is 5. The van der Waals surface area contributed by atoms with E-state index in [1.807, 2.05) is 43.3 Å². The van der Waals surface area contributed by atoms with Crippen LogP contribution in [0.25, 0.3) is 10.6 Å². The van der Waals surface area contributed by atoms with Crippen LogP contribution in [-0.2, 0) is 26.1 Å². The van der Waals surface area contributed by atoms with Gasteiger partial charge in [0.1, 0.15) is 12.3 Å². The van der Waals surface area contributed by atoms with Crippen molar-refractivity contribution in [1.29, 1.82) is 0 Å². The highest BCUT2D eigenvalue weighted by Crippen LogP contribution is 2.42. The number of thiophene rings is 1. The summed E-state index contributed by atoms with van der Waals surface area (Å²) in [4.78, 5) is 76.8. The van der Waals surface area contributed by atoms with Gasteiger partial charge >= 0.3 is 6.09 Å². The molecule has 0 spiro atoms. The molecule has 3 atom stereocenters. The smallest absolute Gasteiger partial charge is 0.416 e. The molecule has 0 radical (unpaired) electrons. The van der Waals surface area contributed by atoms with Gasteiger partial charge in [-0.3, -0.25) is 24.2 Å². The van der Waals surface area contributed by atoms with Gasteiger partial charge in [-0.25, -0.2) is 9.69 Å². The first-order valence-corrected chi connectivity index (χ1v) is 23.5. The quantitative estimate of drug-likeness (QED) is 0.0633. The number of hydrogen-bond donors (Lipinski definition) is 3. The number of aromatic nitrogens is 2. The zero-order valence-electron chi connectivity index (χ0n) is 38.3. The number of pyridine rings is 1. The van der Waals surface area contributed by atoms with E-state index >= 15 is 0 Å². The first kappa shape index (κ1) is 47.5. The third-order valence-electron chi connectivity index (χ3n) is 11.9. The van der Waals surface area contributed by atoms with Crippen LogP contribution in [0.5, 0.6) is 11.5 Å². The molecule has 68 heavy (non-hydrogen) atoms. The van der Waals surface area contributed by atoms with Crippen molar-refractivity contribution in [3.8, 4) is 22.1 Å². The summed E-state index contributed by atoms with van der Waals surface area (Å²) in [7, 11) is 3.17. The predicted molar refractivity (Wildman–Crippen MR) is 258 cm³/mol. The highest BCUT2D eigenvalue weighted by atomic mass is 32.1. The van der Waals surface area contributed by atoms with Crippen LogP contribution in [-0.4, -0.2) is 96.2 Å². The number of carbonyl (C=O) groups is 5. The van der Waals surface area contributed by atoms with Gasteiger partial charge in [-0.05, 0) is 99.9 Å². The van der Waals surface area contributed by atoms with Crippen molar-refractivity contribution in [2.24, 2.45) is 7.05 Å². The number of nitrogens with zero attached hydrogens (tertiary/aromatic N) is 4. The Bertz CT molecular complexity index is 2640. The summed E-state index contributed by atoms with van der Waals surface area (Å²) < 4.78 is 31.7. The summed E-state index contributed by atoms with van der Waals surface area (Å²) >= 11 is 1.34. The van der Waals surface area contributed by atoms with Crippen molar-refractivity contribution in [2.75, 3.05) is 54.3 Å². The number of benzene rings is 2. The maximum absolute atomic E-state index is 14.3. The highest BCUT2D eigenvalue weighted by molar-refractivity contribution is 7.17. The second-order valence-electron chi connectivity index (χ2n) is 16.7. The molecule has 5 amide bonds. The van der Waals surface area contributed by atoms with Gasteiger partial charge in [0.25, 0.3) is 17.7 Å². The Labute approximate surface area is 398 Å². The van der Waals surface area contributed by atoms with Crippen LogP contribution in [0.15, 0.2) is 91.8 Å². The lowest BCUT2D eigenvalue weighted by Gasteiger charge is -2.42. The van der Waals surface area contributed by atoms with Gasteiger partial charge < -0.3 is 49.1 Å². The van der Waals surface area contributed by atoms with Gasteiger partial charge in [-0.2, -0.15) is 0 Å². The summed E-state index contributed by atoms with van der Waals surface area (Å²) in [5.41, 5.74) is 3.90. The van der Waals surface area contributed by atoms with Crippen LogP contribution in [0.2, 0.25) is 0 Å². The van der Waals surface area contributed by atoms with Crippen molar-refractivity contribution < 1.29 is 47.7 Å². The fraction of sp³-hybridized carbons (Fsp3) is 0.360. The van der Waals surface area contributed by atoms with Crippen molar-refractivity contribution in [1.82, 2.24) is 14.5 Å². The largest absolute Gasteiger partial charge is 0.493 e. The lowest BCUT2D eigenvalue weighted by molar-refractivity contribution is -0.198. The lowest BCUT2D eigenvalue weighted by Crippen LogP contribution is -2.57. The van der Waals surface area contributed by atoms with Crippen LogP contribution in [0.1, 0.15) is 87.4 Å². The topological polar surface area (TPSA) is 192 Å². The van der Waals surface area contributed by atoms with E-state index in [-0.39, 0.29) is 60.1 Å². The Balaban J connectivity index is 0.886. The predicted octanol–water partition coefficient (Wildman–Crippen LogP) is 8.77. The van der Waals surface area contributed by atoms with E-state index in [0.29, 0.717) is 65.7 Å². The average Bonchev–Trinajstić information content (AvgIpc) is 3.91. The number of anilines is 4. The van der Waals surface area contributed by atoms with Gasteiger partial charge in [-0.15, -0.1) is 11.3 Å². The summed E-state index contributed by atoms with van der Waals surface area (Å²) in [5, 5.41) is 8.64. The van der Waals surface area contributed by atoms with E-state index in [1.165, 1.54) is 29.4 Å². The van der Waals surface area contributed by atoms with Gasteiger partial charge in [-0.1, -0.05) is 30.9 Å². The number of fused-ring (bicyclic) bond motifs is 2. The van der Waals surface area contributed by atoms with Crippen molar-refractivity contribution >= 4 is 63.8 Å². The average molecular weight is 946 g/mol. The van der Waals surface area contributed by atoms with Crippen LogP contribution >= 0.6 is 11.3 Å². The molecule has 2 unspecified atom stereocenters. The Morgan fingerprint density at radius 2 is 1.74 bits per heavy atom. The second kappa shape index (κ2) is 21.7. The molecule has 0 saturated carbocycles. The van der Waals surface area contributed by atoms with E-state index < -0.39 is 30.6 Å². The molecular weight excluding hydrogens is 891 g/mol. The fourth-order valence-corrected chi connectivity index (χ4v) is 9.58. The molecule has 18 heteroatoms. The molecule has 2 fully saturated rings. The molecule has 3 aliphatic rings. The molecule has 0 aliphatic carbocycles. The number of rotatable bonds is 16. The van der Waals surface area contributed by atoms with E-state index in [9.17, 15) is 24.0 Å².